The predicted molar refractivity (Wildman–Crippen MR) is 70.8 cm³/mol. The molecule has 0 fully saturated rings. The van der Waals surface area contributed by atoms with Crippen LogP contribution in [0.5, 0.6) is 0 Å². The molecular weight excluding hydrogens is 253 g/mol. The van der Waals surface area contributed by atoms with Gasteiger partial charge in [0.2, 0.25) is 10.0 Å². The van der Waals surface area contributed by atoms with Gasteiger partial charge in [-0.1, -0.05) is 25.5 Å². The molecule has 0 aliphatic carbocycles. The van der Waals surface area contributed by atoms with E-state index in [1.807, 2.05) is 6.92 Å². The van der Waals surface area contributed by atoms with Crippen molar-refractivity contribution in [2.75, 3.05) is 16.6 Å². The first-order valence-corrected chi connectivity index (χ1v) is 7.95. The fraction of sp³-hybridized carbons (Fsp3) is 0.538. The minimum Gasteiger partial charge on any atom is -0.267 e. The molecule has 1 aliphatic rings. The number of benzene rings is 1. The minimum atomic E-state index is -3.39. The molecule has 0 unspecified atom stereocenters. The first-order valence-electron chi connectivity index (χ1n) is 6.34. The summed E-state index contributed by atoms with van der Waals surface area (Å²) >= 11 is 0. The fourth-order valence-corrected chi connectivity index (χ4v) is 4.04. The van der Waals surface area contributed by atoms with Crippen LogP contribution in [-0.2, 0) is 16.4 Å². The molecule has 5 heteroatoms. The summed E-state index contributed by atoms with van der Waals surface area (Å²) in [6, 6.07) is 4.77. The number of nitrogens with zero attached hydrogens (tertiary/aromatic N) is 1. The third-order valence-corrected chi connectivity index (χ3v) is 5.06. The molecule has 1 aromatic carbocycles. The van der Waals surface area contributed by atoms with Crippen LogP contribution in [0.25, 0.3) is 0 Å². The SMILES string of the molecule is CCCCS(=O)(=O)N1CCCc2cccc(F)c21. The summed E-state index contributed by atoms with van der Waals surface area (Å²) < 4.78 is 39.6. The van der Waals surface area contributed by atoms with Crippen LogP contribution in [-0.4, -0.2) is 20.7 Å². The molecular formula is C13H18FNO2S. The van der Waals surface area contributed by atoms with E-state index in [1.54, 1.807) is 12.1 Å². The second kappa shape index (κ2) is 5.26. The van der Waals surface area contributed by atoms with E-state index in [9.17, 15) is 12.8 Å². The third kappa shape index (κ3) is 2.51. The number of para-hydroxylation sites is 1. The first kappa shape index (κ1) is 13.3. The molecule has 0 bridgehead atoms. The molecule has 3 nitrogen and oxygen atoms in total. The smallest absolute Gasteiger partial charge is 0.235 e. The molecule has 1 aliphatic heterocycles. The van der Waals surface area contributed by atoms with Gasteiger partial charge in [-0.05, 0) is 30.9 Å². The lowest BCUT2D eigenvalue weighted by Gasteiger charge is -2.30. The van der Waals surface area contributed by atoms with Gasteiger partial charge in [0.15, 0.2) is 0 Å². The number of sulfonamides is 1. The molecule has 18 heavy (non-hydrogen) atoms. The lowest BCUT2D eigenvalue weighted by Crippen LogP contribution is -2.37. The molecule has 2 rings (SSSR count). The molecule has 0 saturated heterocycles. The summed E-state index contributed by atoms with van der Waals surface area (Å²) in [5, 5.41) is 0. The highest BCUT2D eigenvalue weighted by Crippen LogP contribution is 2.32. The highest BCUT2D eigenvalue weighted by Gasteiger charge is 2.29. The van der Waals surface area contributed by atoms with Gasteiger partial charge in [0.05, 0.1) is 11.4 Å². The number of halogens is 1. The van der Waals surface area contributed by atoms with Crippen LogP contribution in [0.4, 0.5) is 10.1 Å². The van der Waals surface area contributed by atoms with E-state index >= 15 is 0 Å². The zero-order valence-corrected chi connectivity index (χ0v) is 11.3. The van der Waals surface area contributed by atoms with Gasteiger partial charge in [-0.2, -0.15) is 0 Å². The lowest BCUT2D eigenvalue weighted by molar-refractivity contribution is 0.574. The Kier molecular flexibility index (Phi) is 3.90. The monoisotopic (exact) mass is 271 g/mol. The molecule has 0 saturated carbocycles. The summed E-state index contributed by atoms with van der Waals surface area (Å²) in [4.78, 5) is 0. The van der Waals surface area contributed by atoms with Gasteiger partial charge in [-0.15, -0.1) is 0 Å². The normalized spacial score (nSPS) is 15.6. The Bertz CT molecular complexity index is 528. The quantitative estimate of drug-likeness (QED) is 0.844. The van der Waals surface area contributed by atoms with Crippen molar-refractivity contribution in [3.05, 3.63) is 29.6 Å². The van der Waals surface area contributed by atoms with Crippen LogP contribution in [0.1, 0.15) is 31.7 Å². The van der Waals surface area contributed by atoms with Gasteiger partial charge in [-0.3, -0.25) is 4.31 Å². The third-order valence-electron chi connectivity index (χ3n) is 3.22. The summed E-state index contributed by atoms with van der Waals surface area (Å²) in [5.41, 5.74) is 1.06. The lowest BCUT2D eigenvalue weighted by atomic mass is 10.0. The summed E-state index contributed by atoms with van der Waals surface area (Å²) in [6.45, 7) is 2.33. The van der Waals surface area contributed by atoms with Crippen molar-refractivity contribution in [2.24, 2.45) is 0 Å². The Hall–Kier alpha value is -1.10. The van der Waals surface area contributed by atoms with E-state index in [1.165, 1.54) is 10.4 Å². The van der Waals surface area contributed by atoms with E-state index < -0.39 is 15.8 Å². The number of rotatable bonds is 4. The second-order valence-corrected chi connectivity index (χ2v) is 6.61. The number of hydrogen-bond acceptors (Lipinski definition) is 2. The highest BCUT2D eigenvalue weighted by atomic mass is 32.2. The van der Waals surface area contributed by atoms with E-state index in [4.69, 9.17) is 0 Å². The van der Waals surface area contributed by atoms with Crippen LogP contribution in [0.3, 0.4) is 0 Å². The highest BCUT2D eigenvalue weighted by molar-refractivity contribution is 7.92. The Morgan fingerprint density at radius 2 is 2.17 bits per heavy atom. The number of hydrogen-bond donors (Lipinski definition) is 0. The molecule has 1 aromatic rings. The van der Waals surface area contributed by atoms with Crippen LogP contribution in [0.15, 0.2) is 18.2 Å². The van der Waals surface area contributed by atoms with Crippen LogP contribution < -0.4 is 4.31 Å². The standard InChI is InChI=1S/C13H18FNO2S/c1-2-3-10-18(16,17)15-9-5-7-11-6-4-8-12(14)13(11)15/h4,6,8H,2-3,5,7,9-10H2,1H3. The van der Waals surface area contributed by atoms with Crippen molar-refractivity contribution < 1.29 is 12.8 Å². The second-order valence-electron chi connectivity index (χ2n) is 4.59. The van der Waals surface area contributed by atoms with E-state index in [-0.39, 0.29) is 11.4 Å². The average Bonchev–Trinajstić information content (AvgIpc) is 2.36. The molecule has 0 aromatic heterocycles. The van der Waals surface area contributed by atoms with Gasteiger partial charge in [-0.25, -0.2) is 12.8 Å². The van der Waals surface area contributed by atoms with E-state index in [2.05, 4.69) is 0 Å². The van der Waals surface area contributed by atoms with Gasteiger partial charge in [0, 0.05) is 6.54 Å². The summed E-state index contributed by atoms with van der Waals surface area (Å²) in [6.07, 6.45) is 2.93. The zero-order valence-electron chi connectivity index (χ0n) is 10.5. The van der Waals surface area contributed by atoms with Crippen molar-refractivity contribution in [3.8, 4) is 0 Å². The molecule has 0 radical (unpaired) electrons. The first-order chi connectivity index (χ1) is 8.56. The molecule has 0 atom stereocenters. The van der Waals surface area contributed by atoms with Gasteiger partial charge in [0.25, 0.3) is 0 Å². The Morgan fingerprint density at radius 3 is 2.89 bits per heavy atom. The van der Waals surface area contributed by atoms with E-state index in [0.717, 1.165) is 24.8 Å². The molecule has 1 heterocycles. The number of fused-ring (bicyclic) bond motifs is 1. The Balaban J connectivity index is 2.38. The largest absolute Gasteiger partial charge is 0.267 e. The maximum Gasteiger partial charge on any atom is 0.235 e. The van der Waals surface area contributed by atoms with Crippen molar-refractivity contribution in [3.63, 3.8) is 0 Å². The summed E-state index contributed by atoms with van der Waals surface area (Å²) in [7, 11) is -3.39. The zero-order chi connectivity index (χ0) is 13.2. The fourth-order valence-electron chi connectivity index (χ4n) is 2.28. The molecule has 0 spiro atoms. The topological polar surface area (TPSA) is 37.4 Å². The van der Waals surface area contributed by atoms with Crippen molar-refractivity contribution in [1.29, 1.82) is 0 Å². The maximum absolute atomic E-state index is 13.9. The molecule has 0 N–H and O–H groups in total. The van der Waals surface area contributed by atoms with Crippen LogP contribution in [0.2, 0.25) is 0 Å². The van der Waals surface area contributed by atoms with E-state index in [0.29, 0.717) is 13.0 Å². The number of aryl methyl sites for hydroxylation is 1. The van der Waals surface area contributed by atoms with Crippen LogP contribution >= 0.6 is 0 Å². The molecule has 100 valence electrons. The van der Waals surface area contributed by atoms with Crippen molar-refractivity contribution >= 4 is 15.7 Å². The number of anilines is 1. The number of unbranched alkanes of at least 4 members (excludes halogenated alkanes) is 1. The van der Waals surface area contributed by atoms with Crippen molar-refractivity contribution in [1.82, 2.24) is 0 Å². The minimum absolute atomic E-state index is 0.0945. The van der Waals surface area contributed by atoms with Gasteiger partial charge in [0.1, 0.15) is 5.82 Å². The average molecular weight is 271 g/mol. The van der Waals surface area contributed by atoms with Crippen molar-refractivity contribution in [2.45, 2.75) is 32.6 Å². The Labute approximate surface area is 108 Å². The predicted octanol–water partition coefficient (Wildman–Crippen LogP) is 2.71. The molecule has 0 amide bonds. The summed E-state index contributed by atoms with van der Waals surface area (Å²) in [5.74, 6) is -0.343. The van der Waals surface area contributed by atoms with Gasteiger partial charge < -0.3 is 0 Å². The Morgan fingerprint density at radius 1 is 1.39 bits per heavy atom. The van der Waals surface area contributed by atoms with Crippen LogP contribution in [0, 0.1) is 5.82 Å². The maximum atomic E-state index is 13.9. The van der Waals surface area contributed by atoms with Gasteiger partial charge >= 0.3 is 0 Å².